The predicted octanol–water partition coefficient (Wildman–Crippen LogP) is 1.58. The van der Waals surface area contributed by atoms with E-state index in [0.29, 0.717) is 38.9 Å². The molecule has 2 N–H and O–H groups in total. The number of nitrogens with zero attached hydrogens (tertiary/aromatic N) is 2. The molecule has 0 aliphatic carbocycles. The van der Waals surface area contributed by atoms with Gasteiger partial charge in [0.2, 0.25) is 0 Å². The summed E-state index contributed by atoms with van der Waals surface area (Å²) in [6.45, 7) is 3.18. The number of aliphatic carboxylic acids is 1. The molecule has 1 aromatic rings. The van der Waals surface area contributed by atoms with Crippen molar-refractivity contribution in [2.75, 3.05) is 19.6 Å². The van der Waals surface area contributed by atoms with Gasteiger partial charge in [0.05, 0.1) is 10.4 Å². The van der Waals surface area contributed by atoms with Crippen LogP contribution in [0.15, 0.2) is 11.6 Å². The molecule has 1 atom stereocenters. The number of carbonyl (C=O) groups is 2. The molecular formula is C13H19N3O3S. The maximum atomic E-state index is 12.0. The topological polar surface area (TPSA) is 82.5 Å². The Labute approximate surface area is 121 Å². The van der Waals surface area contributed by atoms with Crippen LogP contribution in [0.4, 0.5) is 4.79 Å². The standard InChI is InChI=1S/C13H19N3O3S/c1-2-13(11(17)18)4-7-16(9-13)12(19)15-5-3-10-14-6-8-20-10/h6,8H,2-5,7,9H2,1H3,(H,15,19)(H,17,18). The number of hydrogen-bond donors (Lipinski definition) is 2. The Morgan fingerprint density at radius 2 is 2.40 bits per heavy atom. The minimum absolute atomic E-state index is 0.182. The Balaban J connectivity index is 1.80. The summed E-state index contributed by atoms with van der Waals surface area (Å²) >= 11 is 1.56. The molecule has 2 rings (SSSR count). The Morgan fingerprint density at radius 3 is 2.95 bits per heavy atom. The van der Waals surface area contributed by atoms with Crippen molar-refractivity contribution in [1.82, 2.24) is 15.2 Å². The number of carbonyl (C=O) groups excluding carboxylic acids is 1. The van der Waals surface area contributed by atoms with Crippen molar-refractivity contribution >= 4 is 23.3 Å². The van der Waals surface area contributed by atoms with Crippen molar-refractivity contribution in [1.29, 1.82) is 0 Å². The van der Waals surface area contributed by atoms with E-state index in [9.17, 15) is 14.7 Å². The summed E-state index contributed by atoms with van der Waals surface area (Å²) in [7, 11) is 0. The van der Waals surface area contributed by atoms with E-state index < -0.39 is 11.4 Å². The number of rotatable bonds is 5. The van der Waals surface area contributed by atoms with Crippen LogP contribution in [-0.4, -0.2) is 46.6 Å². The van der Waals surface area contributed by atoms with Gasteiger partial charge in [-0.1, -0.05) is 6.92 Å². The van der Waals surface area contributed by atoms with Gasteiger partial charge in [0.25, 0.3) is 0 Å². The molecule has 0 aromatic carbocycles. The number of amides is 2. The van der Waals surface area contributed by atoms with Crippen molar-refractivity contribution in [2.45, 2.75) is 26.2 Å². The molecule has 1 fully saturated rings. The summed E-state index contributed by atoms with van der Waals surface area (Å²) < 4.78 is 0. The zero-order valence-electron chi connectivity index (χ0n) is 11.5. The van der Waals surface area contributed by atoms with Gasteiger partial charge in [-0.25, -0.2) is 9.78 Å². The van der Waals surface area contributed by atoms with Gasteiger partial charge in [0, 0.05) is 37.6 Å². The molecule has 1 saturated heterocycles. The van der Waals surface area contributed by atoms with Crippen LogP contribution < -0.4 is 5.32 Å². The maximum Gasteiger partial charge on any atom is 0.317 e. The van der Waals surface area contributed by atoms with Gasteiger partial charge >= 0.3 is 12.0 Å². The molecule has 0 radical (unpaired) electrons. The molecule has 1 aromatic heterocycles. The molecule has 0 spiro atoms. The van der Waals surface area contributed by atoms with Gasteiger partial charge < -0.3 is 15.3 Å². The van der Waals surface area contributed by atoms with Crippen molar-refractivity contribution in [3.05, 3.63) is 16.6 Å². The normalized spacial score (nSPS) is 21.9. The number of nitrogens with one attached hydrogen (secondary N) is 1. The second kappa shape index (κ2) is 6.21. The lowest BCUT2D eigenvalue weighted by Gasteiger charge is -2.23. The molecule has 2 heterocycles. The number of likely N-dealkylation sites (tertiary alicyclic amines) is 1. The van der Waals surface area contributed by atoms with E-state index in [-0.39, 0.29) is 6.03 Å². The largest absolute Gasteiger partial charge is 0.481 e. The van der Waals surface area contributed by atoms with E-state index in [4.69, 9.17) is 0 Å². The predicted molar refractivity (Wildman–Crippen MR) is 75.8 cm³/mol. The number of thiazole rings is 1. The van der Waals surface area contributed by atoms with Crippen molar-refractivity contribution in [3.63, 3.8) is 0 Å². The van der Waals surface area contributed by atoms with Crippen molar-refractivity contribution in [3.8, 4) is 0 Å². The number of urea groups is 1. The van der Waals surface area contributed by atoms with E-state index in [2.05, 4.69) is 10.3 Å². The first-order valence-corrected chi connectivity index (χ1v) is 7.60. The van der Waals surface area contributed by atoms with E-state index in [1.54, 1.807) is 22.4 Å². The van der Waals surface area contributed by atoms with Gasteiger partial charge in [-0.2, -0.15) is 0 Å². The van der Waals surface area contributed by atoms with Gasteiger partial charge in [-0.15, -0.1) is 11.3 Å². The van der Waals surface area contributed by atoms with Crippen LogP contribution in [-0.2, 0) is 11.2 Å². The summed E-state index contributed by atoms with van der Waals surface area (Å²) in [5, 5.41) is 15.0. The van der Waals surface area contributed by atoms with Crippen LogP contribution >= 0.6 is 11.3 Å². The van der Waals surface area contributed by atoms with Crippen molar-refractivity contribution < 1.29 is 14.7 Å². The second-order valence-electron chi connectivity index (χ2n) is 5.02. The Hall–Kier alpha value is -1.63. The fourth-order valence-corrected chi connectivity index (χ4v) is 3.05. The average Bonchev–Trinajstić information content (AvgIpc) is 3.08. The van der Waals surface area contributed by atoms with Gasteiger partial charge in [-0.3, -0.25) is 4.79 Å². The van der Waals surface area contributed by atoms with E-state index in [1.165, 1.54) is 0 Å². The number of carboxylic acid groups (broad SMARTS) is 1. The Kier molecular flexibility index (Phi) is 4.59. The number of carboxylic acids is 1. The average molecular weight is 297 g/mol. The van der Waals surface area contributed by atoms with Crippen molar-refractivity contribution in [2.24, 2.45) is 5.41 Å². The SMILES string of the molecule is CCC1(C(=O)O)CCN(C(=O)NCCc2nccs2)C1. The second-order valence-corrected chi connectivity index (χ2v) is 6.00. The molecule has 1 aliphatic heterocycles. The third-order valence-electron chi connectivity index (χ3n) is 3.87. The molecule has 1 aliphatic rings. The fraction of sp³-hybridized carbons (Fsp3) is 0.615. The monoisotopic (exact) mass is 297 g/mol. The Bertz CT molecular complexity index is 477. The third-order valence-corrected chi connectivity index (χ3v) is 4.71. The van der Waals surface area contributed by atoms with Crippen LogP contribution in [0.1, 0.15) is 24.8 Å². The summed E-state index contributed by atoms with van der Waals surface area (Å²) in [5.41, 5.74) is -0.771. The lowest BCUT2D eigenvalue weighted by Crippen LogP contribution is -2.42. The maximum absolute atomic E-state index is 12.0. The summed E-state index contributed by atoms with van der Waals surface area (Å²) in [6, 6.07) is -0.182. The zero-order valence-corrected chi connectivity index (χ0v) is 12.3. The fourth-order valence-electron chi connectivity index (χ4n) is 2.42. The van der Waals surface area contributed by atoms with Gasteiger partial charge in [-0.05, 0) is 12.8 Å². The first-order chi connectivity index (χ1) is 9.57. The van der Waals surface area contributed by atoms with E-state index >= 15 is 0 Å². The molecular weight excluding hydrogens is 278 g/mol. The lowest BCUT2D eigenvalue weighted by atomic mass is 9.84. The van der Waals surface area contributed by atoms with Crippen LogP contribution in [0, 0.1) is 5.41 Å². The minimum Gasteiger partial charge on any atom is -0.481 e. The van der Waals surface area contributed by atoms with Gasteiger partial charge in [0.15, 0.2) is 0 Å². The van der Waals surface area contributed by atoms with Crippen LogP contribution in [0.3, 0.4) is 0 Å². The molecule has 2 amide bonds. The summed E-state index contributed by atoms with van der Waals surface area (Å²) in [5.74, 6) is -0.807. The van der Waals surface area contributed by atoms with Crippen LogP contribution in [0.25, 0.3) is 0 Å². The van der Waals surface area contributed by atoms with E-state index in [0.717, 1.165) is 5.01 Å². The lowest BCUT2D eigenvalue weighted by molar-refractivity contribution is -0.148. The van der Waals surface area contributed by atoms with Crippen LogP contribution in [0.5, 0.6) is 0 Å². The highest BCUT2D eigenvalue weighted by Crippen LogP contribution is 2.34. The summed E-state index contributed by atoms with van der Waals surface area (Å²) in [4.78, 5) is 29.1. The minimum atomic E-state index is -0.807. The summed E-state index contributed by atoms with van der Waals surface area (Å²) in [6.07, 6.45) is 3.52. The van der Waals surface area contributed by atoms with Crippen LogP contribution in [0.2, 0.25) is 0 Å². The quantitative estimate of drug-likeness (QED) is 0.864. The Morgan fingerprint density at radius 1 is 1.60 bits per heavy atom. The smallest absolute Gasteiger partial charge is 0.317 e. The first-order valence-electron chi connectivity index (χ1n) is 6.72. The first kappa shape index (κ1) is 14.8. The molecule has 6 nitrogen and oxygen atoms in total. The highest BCUT2D eigenvalue weighted by atomic mass is 32.1. The molecule has 0 saturated carbocycles. The molecule has 0 bridgehead atoms. The molecule has 1 unspecified atom stereocenters. The van der Waals surface area contributed by atoms with Gasteiger partial charge in [0.1, 0.15) is 0 Å². The highest BCUT2D eigenvalue weighted by Gasteiger charge is 2.44. The van der Waals surface area contributed by atoms with E-state index in [1.807, 2.05) is 12.3 Å². The number of hydrogen-bond acceptors (Lipinski definition) is 4. The molecule has 7 heteroatoms. The highest BCUT2D eigenvalue weighted by molar-refractivity contribution is 7.09. The molecule has 110 valence electrons. The third kappa shape index (κ3) is 3.09. The zero-order chi connectivity index (χ0) is 14.6. The number of aromatic nitrogens is 1. The molecule has 20 heavy (non-hydrogen) atoms.